The minimum absolute atomic E-state index is 0.264. The monoisotopic (exact) mass is 296 g/mol. The van der Waals surface area contributed by atoms with Gasteiger partial charge in [0.2, 0.25) is 0 Å². The Kier molecular flexibility index (Phi) is 4.97. The van der Waals surface area contributed by atoms with Crippen molar-refractivity contribution in [1.82, 2.24) is 20.1 Å². The first-order chi connectivity index (χ1) is 9.61. The molecule has 0 radical (unpaired) electrons. The number of hydrogen-bond acceptors (Lipinski definition) is 4. The van der Waals surface area contributed by atoms with Crippen LogP contribution in [0.25, 0.3) is 0 Å². The summed E-state index contributed by atoms with van der Waals surface area (Å²) in [6.07, 6.45) is 1.02. The molecule has 5 nitrogen and oxygen atoms in total. The molecule has 0 spiro atoms. The van der Waals surface area contributed by atoms with Crippen LogP contribution in [-0.4, -0.2) is 21.3 Å². The molecule has 1 heterocycles. The predicted octanol–water partition coefficient (Wildman–Crippen LogP) is 1.90. The summed E-state index contributed by atoms with van der Waals surface area (Å²) in [4.78, 5) is 12.2. The number of aromatic amines is 1. The summed E-state index contributed by atoms with van der Waals surface area (Å²) in [6.45, 7) is 3.54. The molecule has 0 atom stereocenters. The number of nitrogens with one attached hydrogen (secondary N) is 2. The van der Waals surface area contributed by atoms with Gasteiger partial charge in [0, 0.05) is 18.5 Å². The summed E-state index contributed by atoms with van der Waals surface area (Å²) in [5.74, 6) is -0.265. The number of rotatable bonds is 6. The lowest BCUT2D eigenvalue weighted by atomic mass is 10.2. The predicted molar refractivity (Wildman–Crippen MR) is 76.3 cm³/mol. The van der Waals surface area contributed by atoms with Gasteiger partial charge in [-0.1, -0.05) is 6.92 Å². The lowest BCUT2D eigenvalue weighted by Crippen LogP contribution is -2.15. The smallest absolute Gasteiger partial charge is 0.313 e. The Bertz CT molecular complexity index is 638. The molecule has 0 aliphatic heterocycles. The van der Waals surface area contributed by atoms with Crippen LogP contribution in [0.15, 0.2) is 33.0 Å². The van der Waals surface area contributed by atoms with Crippen molar-refractivity contribution in [1.29, 1.82) is 0 Å². The van der Waals surface area contributed by atoms with Gasteiger partial charge in [-0.3, -0.25) is 4.57 Å². The Balaban J connectivity index is 2.22. The lowest BCUT2D eigenvalue weighted by molar-refractivity contribution is 0.615. The van der Waals surface area contributed by atoms with E-state index in [1.807, 2.05) is 0 Å². The fourth-order valence-corrected chi connectivity index (χ4v) is 2.61. The highest BCUT2D eigenvalue weighted by molar-refractivity contribution is 7.99. The molecule has 2 rings (SSSR count). The van der Waals surface area contributed by atoms with Crippen molar-refractivity contribution in [3.05, 3.63) is 40.1 Å². The van der Waals surface area contributed by atoms with Crippen LogP contribution in [0, 0.1) is 5.82 Å². The van der Waals surface area contributed by atoms with Gasteiger partial charge in [0.1, 0.15) is 5.82 Å². The van der Waals surface area contributed by atoms with Crippen LogP contribution in [0.4, 0.5) is 4.39 Å². The highest BCUT2D eigenvalue weighted by atomic mass is 32.2. The maximum Gasteiger partial charge on any atom is 0.343 e. The first-order valence-electron chi connectivity index (χ1n) is 6.40. The van der Waals surface area contributed by atoms with Crippen molar-refractivity contribution in [3.8, 4) is 0 Å². The summed E-state index contributed by atoms with van der Waals surface area (Å²) in [5.41, 5.74) is 0.596. The summed E-state index contributed by atoms with van der Waals surface area (Å²) < 4.78 is 14.8. The molecule has 20 heavy (non-hydrogen) atoms. The number of nitrogens with zero attached hydrogens (tertiary/aromatic N) is 2. The van der Waals surface area contributed by atoms with E-state index < -0.39 is 0 Å². The second-order valence-electron chi connectivity index (χ2n) is 4.40. The third kappa shape index (κ3) is 3.49. The molecule has 1 aromatic heterocycles. The Morgan fingerprint density at radius 2 is 2.30 bits per heavy atom. The SMILES string of the molecule is CCCNCc1cc(F)ccc1Sc1n[nH]c(=O)n1C. The molecule has 108 valence electrons. The Morgan fingerprint density at radius 3 is 2.95 bits per heavy atom. The van der Waals surface area contributed by atoms with E-state index >= 15 is 0 Å². The second-order valence-corrected chi connectivity index (χ2v) is 5.41. The fraction of sp³-hybridized carbons (Fsp3) is 0.385. The minimum Gasteiger partial charge on any atom is -0.313 e. The summed E-state index contributed by atoms with van der Waals surface area (Å²) in [5, 5.41) is 10.1. The summed E-state index contributed by atoms with van der Waals surface area (Å²) in [7, 11) is 1.65. The van der Waals surface area contributed by atoms with E-state index in [1.165, 1.54) is 28.5 Å². The maximum absolute atomic E-state index is 13.4. The van der Waals surface area contributed by atoms with E-state index in [1.54, 1.807) is 13.1 Å². The van der Waals surface area contributed by atoms with Gasteiger partial charge in [-0.25, -0.2) is 14.3 Å². The molecule has 2 N–H and O–H groups in total. The van der Waals surface area contributed by atoms with Crippen molar-refractivity contribution in [2.24, 2.45) is 7.05 Å². The van der Waals surface area contributed by atoms with Gasteiger partial charge in [0.15, 0.2) is 5.16 Å². The highest BCUT2D eigenvalue weighted by Crippen LogP contribution is 2.28. The first kappa shape index (κ1) is 14.8. The van der Waals surface area contributed by atoms with E-state index in [0.717, 1.165) is 23.4 Å². The Hall–Kier alpha value is -1.60. The normalized spacial score (nSPS) is 10.9. The molecule has 0 aliphatic carbocycles. The van der Waals surface area contributed by atoms with E-state index in [-0.39, 0.29) is 11.5 Å². The molecule has 0 fully saturated rings. The molecule has 0 amide bonds. The van der Waals surface area contributed by atoms with Crippen LogP contribution in [0.3, 0.4) is 0 Å². The van der Waals surface area contributed by atoms with Crippen LogP contribution in [0.1, 0.15) is 18.9 Å². The number of H-pyrrole nitrogens is 1. The first-order valence-corrected chi connectivity index (χ1v) is 7.22. The molecule has 0 saturated heterocycles. The Morgan fingerprint density at radius 1 is 1.50 bits per heavy atom. The zero-order valence-electron chi connectivity index (χ0n) is 11.4. The van der Waals surface area contributed by atoms with Crippen LogP contribution < -0.4 is 11.0 Å². The molecule has 0 aliphatic rings. The molecule has 2 aromatic rings. The van der Waals surface area contributed by atoms with Crippen molar-refractivity contribution in [2.45, 2.75) is 29.9 Å². The largest absolute Gasteiger partial charge is 0.343 e. The zero-order chi connectivity index (χ0) is 14.5. The van der Waals surface area contributed by atoms with E-state index in [9.17, 15) is 9.18 Å². The van der Waals surface area contributed by atoms with Gasteiger partial charge in [-0.05, 0) is 48.5 Å². The molecule has 0 saturated carbocycles. The molecule has 0 unspecified atom stereocenters. The fourth-order valence-electron chi connectivity index (χ4n) is 1.71. The lowest BCUT2D eigenvalue weighted by Gasteiger charge is -2.09. The summed E-state index contributed by atoms with van der Waals surface area (Å²) in [6, 6.07) is 4.63. The minimum atomic E-state index is -0.265. The van der Waals surface area contributed by atoms with Crippen LogP contribution >= 0.6 is 11.8 Å². The zero-order valence-corrected chi connectivity index (χ0v) is 12.3. The van der Waals surface area contributed by atoms with Crippen molar-refractivity contribution in [3.63, 3.8) is 0 Å². The molecule has 1 aromatic carbocycles. The highest BCUT2D eigenvalue weighted by Gasteiger charge is 2.10. The average molecular weight is 296 g/mol. The van der Waals surface area contributed by atoms with Gasteiger partial charge in [-0.15, -0.1) is 5.10 Å². The van der Waals surface area contributed by atoms with Crippen molar-refractivity contribution in [2.75, 3.05) is 6.54 Å². The van der Waals surface area contributed by atoms with E-state index in [2.05, 4.69) is 22.4 Å². The van der Waals surface area contributed by atoms with E-state index in [0.29, 0.717) is 11.7 Å². The van der Waals surface area contributed by atoms with Gasteiger partial charge in [-0.2, -0.15) is 0 Å². The van der Waals surface area contributed by atoms with Crippen LogP contribution in [-0.2, 0) is 13.6 Å². The number of halogens is 1. The van der Waals surface area contributed by atoms with Gasteiger partial charge < -0.3 is 5.32 Å². The third-order valence-electron chi connectivity index (χ3n) is 2.80. The molecular formula is C13H17FN4OS. The number of hydrogen-bond donors (Lipinski definition) is 2. The standard InChI is InChI=1S/C13H17FN4OS/c1-3-6-15-8-9-7-10(14)4-5-11(9)20-13-17-16-12(19)18(13)2/h4-5,7,15H,3,6,8H2,1-2H3,(H,16,19). The van der Waals surface area contributed by atoms with Crippen molar-refractivity contribution >= 4 is 11.8 Å². The Labute approximate surface area is 120 Å². The molecule has 0 bridgehead atoms. The maximum atomic E-state index is 13.4. The van der Waals surface area contributed by atoms with Crippen molar-refractivity contribution < 1.29 is 4.39 Å². The average Bonchev–Trinajstić information content (AvgIpc) is 2.74. The quantitative estimate of drug-likeness (QED) is 0.799. The molecular weight excluding hydrogens is 279 g/mol. The summed E-state index contributed by atoms with van der Waals surface area (Å²) >= 11 is 1.34. The van der Waals surface area contributed by atoms with Crippen LogP contribution in [0.2, 0.25) is 0 Å². The number of benzene rings is 1. The third-order valence-corrected chi connectivity index (χ3v) is 3.97. The van der Waals surface area contributed by atoms with Gasteiger partial charge >= 0.3 is 5.69 Å². The van der Waals surface area contributed by atoms with Gasteiger partial charge in [0.25, 0.3) is 0 Å². The van der Waals surface area contributed by atoms with E-state index in [4.69, 9.17) is 0 Å². The second kappa shape index (κ2) is 6.71. The number of aromatic nitrogens is 3. The van der Waals surface area contributed by atoms with Gasteiger partial charge in [0.05, 0.1) is 0 Å². The van der Waals surface area contributed by atoms with Crippen LogP contribution in [0.5, 0.6) is 0 Å². The molecule has 7 heteroatoms. The topological polar surface area (TPSA) is 62.7 Å².